The second-order valence-corrected chi connectivity index (χ2v) is 6.25. The van der Waals surface area contributed by atoms with Gasteiger partial charge in [-0.1, -0.05) is 30.3 Å². The van der Waals surface area contributed by atoms with Crippen molar-refractivity contribution in [1.29, 1.82) is 0 Å². The number of amides is 2. The first kappa shape index (κ1) is 16.1. The fourth-order valence-corrected chi connectivity index (χ4v) is 3.15. The van der Waals surface area contributed by atoms with E-state index in [4.69, 9.17) is 4.42 Å². The summed E-state index contributed by atoms with van der Waals surface area (Å²) in [6, 6.07) is 18.9. The molecule has 0 radical (unpaired) electrons. The number of rotatable bonds is 5. The van der Waals surface area contributed by atoms with Gasteiger partial charge in [-0.2, -0.15) is 0 Å². The van der Waals surface area contributed by atoms with E-state index in [0.29, 0.717) is 30.8 Å². The number of carbonyl (C=O) groups excluding carboxylic acids is 2. The lowest BCUT2D eigenvalue weighted by atomic mass is 10.1. The lowest BCUT2D eigenvalue weighted by Crippen LogP contribution is -2.26. The molecule has 1 N–H and O–H groups in total. The fourth-order valence-electron chi connectivity index (χ4n) is 3.15. The van der Waals surface area contributed by atoms with Crippen molar-refractivity contribution in [2.75, 3.05) is 4.90 Å². The van der Waals surface area contributed by atoms with Crippen molar-refractivity contribution in [3.8, 4) is 0 Å². The molecule has 5 heteroatoms. The largest absolute Gasteiger partial charge is 0.467 e. The molecule has 0 fully saturated rings. The molecule has 2 aromatic carbocycles. The van der Waals surface area contributed by atoms with Crippen LogP contribution in [0.2, 0.25) is 0 Å². The minimum Gasteiger partial charge on any atom is -0.467 e. The molecule has 4 rings (SSSR count). The Hall–Kier alpha value is -3.34. The Balaban J connectivity index is 1.49. The zero-order valence-corrected chi connectivity index (χ0v) is 14.1. The van der Waals surface area contributed by atoms with Gasteiger partial charge in [0.15, 0.2) is 0 Å². The third-order valence-corrected chi connectivity index (χ3v) is 4.46. The third kappa shape index (κ3) is 3.24. The Morgan fingerprint density at radius 3 is 2.69 bits per heavy atom. The van der Waals surface area contributed by atoms with Gasteiger partial charge in [-0.3, -0.25) is 9.59 Å². The van der Waals surface area contributed by atoms with Crippen LogP contribution in [0.25, 0.3) is 0 Å². The van der Waals surface area contributed by atoms with E-state index in [9.17, 15) is 9.59 Å². The summed E-state index contributed by atoms with van der Waals surface area (Å²) >= 11 is 0. The highest BCUT2D eigenvalue weighted by Crippen LogP contribution is 2.31. The zero-order chi connectivity index (χ0) is 17.9. The molecule has 1 aliphatic rings. The van der Waals surface area contributed by atoms with Gasteiger partial charge >= 0.3 is 0 Å². The molecule has 0 bridgehead atoms. The molecule has 0 saturated heterocycles. The molecule has 0 unspecified atom stereocenters. The number of carbonyl (C=O) groups is 2. The van der Waals surface area contributed by atoms with E-state index in [1.807, 2.05) is 42.5 Å². The molecule has 1 aromatic heterocycles. The standard InChI is InChI=1S/C21H18N2O3/c24-20-12-17-11-16(21(25)22-13-18-7-4-10-26-18)8-9-19(17)23(20)14-15-5-2-1-3-6-15/h1-11H,12-14H2,(H,22,25). The number of hydrogen-bond acceptors (Lipinski definition) is 3. The Morgan fingerprint density at radius 1 is 1.08 bits per heavy atom. The molecule has 1 aliphatic heterocycles. The van der Waals surface area contributed by atoms with Crippen molar-refractivity contribution in [1.82, 2.24) is 5.32 Å². The molecular weight excluding hydrogens is 328 g/mol. The highest BCUT2D eigenvalue weighted by atomic mass is 16.3. The summed E-state index contributed by atoms with van der Waals surface area (Å²) in [6.07, 6.45) is 1.89. The van der Waals surface area contributed by atoms with E-state index in [-0.39, 0.29) is 11.8 Å². The van der Waals surface area contributed by atoms with E-state index in [0.717, 1.165) is 16.8 Å². The van der Waals surface area contributed by atoms with Crippen LogP contribution < -0.4 is 10.2 Å². The van der Waals surface area contributed by atoms with Crippen LogP contribution in [0, 0.1) is 0 Å². The average Bonchev–Trinajstić information content (AvgIpc) is 3.28. The second-order valence-electron chi connectivity index (χ2n) is 6.25. The monoisotopic (exact) mass is 346 g/mol. The smallest absolute Gasteiger partial charge is 0.251 e. The van der Waals surface area contributed by atoms with Crippen molar-refractivity contribution in [3.63, 3.8) is 0 Å². The summed E-state index contributed by atoms with van der Waals surface area (Å²) in [4.78, 5) is 26.5. The quantitative estimate of drug-likeness (QED) is 0.771. The van der Waals surface area contributed by atoms with Gasteiger partial charge in [-0.05, 0) is 41.5 Å². The normalized spacial score (nSPS) is 12.9. The summed E-state index contributed by atoms with van der Waals surface area (Å²) in [5.74, 6) is 0.568. The van der Waals surface area contributed by atoms with Gasteiger partial charge in [-0.25, -0.2) is 0 Å². The number of nitrogens with zero attached hydrogens (tertiary/aromatic N) is 1. The molecule has 2 amide bonds. The van der Waals surface area contributed by atoms with Gasteiger partial charge in [0, 0.05) is 11.3 Å². The first-order chi connectivity index (χ1) is 12.7. The number of hydrogen-bond donors (Lipinski definition) is 1. The van der Waals surface area contributed by atoms with Crippen molar-refractivity contribution in [2.45, 2.75) is 19.5 Å². The maximum Gasteiger partial charge on any atom is 0.251 e. The zero-order valence-electron chi connectivity index (χ0n) is 14.1. The Kier molecular flexibility index (Phi) is 4.27. The molecule has 0 saturated carbocycles. The highest BCUT2D eigenvalue weighted by molar-refractivity contribution is 6.03. The SMILES string of the molecule is O=C(NCc1ccco1)c1ccc2c(c1)CC(=O)N2Cc1ccccc1. The van der Waals surface area contributed by atoms with E-state index < -0.39 is 0 Å². The Morgan fingerprint density at radius 2 is 1.92 bits per heavy atom. The van der Waals surface area contributed by atoms with Crippen LogP contribution in [-0.4, -0.2) is 11.8 Å². The molecule has 5 nitrogen and oxygen atoms in total. The van der Waals surface area contributed by atoms with E-state index in [2.05, 4.69) is 5.32 Å². The fraction of sp³-hybridized carbons (Fsp3) is 0.143. The summed E-state index contributed by atoms with van der Waals surface area (Å²) in [7, 11) is 0. The predicted molar refractivity (Wildman–Crippen MR) is 97.7 cm³/mol. The van der Waals surface area contributed by atoms with Gasteiger partial charge in [0.1, 0.15) is 5.76 Å². The third-order valence-electron chi connectivity index (χ3n) is 4.46. The van der Waals surface area contributed by atoms with Crippen LogP contribution in [-0.2, 0) is 24.3 Å². The summed E-state index contributed by atoms with van der Waals surface area (Å²) in [5, 5.41) is 2.82. The van der Waals surface area contributed by atoms with Gasteiger partial charge in [0.05, 0.1) is 25.8 Å². The number of benzene rings is 2. The number of furan rings is 1. The lowest BCUT2D eigenvalue weighted by Gasteiger charge is -2.17. The van der Waals surface area contributed by atoms with Gasteiger partial charge in [0.2, 0.25) is 5.91 Å². The van der Waals surface area contributed by atoms with Gasteiger partial charge < -0.3 is 14.6 Å². The Labute approximate surface area is 151 Å². The molecule has 130 valence electrons. The molecule has 0 aliphatic carbocycles. The summed E-state index contributed by atoms with van der Waals surface area (Å²) in [5.41, 5.74) is 3.39. The average molecular weight is 346 g/mol. The molecule has 3 aromatic rings. The molecule has 26 heavy (non-hydrogen) atoms. The van der Waals surface area contributed by atoms with Gasteiger partial charge in [0.25, 0.3) is 5.91 Å². The van der Waals surface area contributed by atoms with Crippen molar-refractivity contribution in [2.24, 2.45) is 0 Å². The first-order valence-corrected chi connectivity index (χ1v) is 8.48. The van der Waals surface area contributed by atoms with E-state index in [1.54, 1.807) is 29.4 Å². The van der Waals surface area contributed by atoms with Crippen LogP contribution in [0.1, 0.15) is 27.2 Å². The van der Waals surface area contributed by atoms with E-state index in [1.165, 1.54) is 0 Å². The second kappa shape index (κ2) is 6.88. The maximum atomic E-state index is 12.4. The molecular formula is C21H18N2O3. The van der Waals surface area contributed by atoms with Crippen LogP contribution in [0.5, 0.6) is 0 Å². The predicted octanol–water partition coefficient (Wildman–Crippen LogP) is 3.30. The minimum absolute atomic E-state index is 0.0528. The Bertz CT molecular complexity index is 933. The minimum atomic E-state index is -0.182. The number of anilines is 1. The van der Waals surface area contributed by atoms with Crippen molar-refractivity contribution >= 4 is 17.5 Å². The van der Waals surface area contributed by atoms with Crippen LogP contribution in [0.15, 0.2) is 71.3 Å². The van der Waals surface area contributed by atoms with Crippen LogP contribution in [0.4, 0.5) is 5.69 Å². The highest BCUT2D eigenvalue weighted by Gasteiger charge is 2.28. The molecule has 2 heterocycles. The van der Waals surface area contributed by atoms with Gasteiger partial charge in [-0.15, -0.1) is 0 Å². The summed E-state index contributed by atoms with van der Waals surface area (Å²) in [6.45, 7) is 0.874. The van der Waals surface area contributed by atoms with Crippen LogP contribution >= 0.6 is 0 Å². The maximum absolute atomic E-state index is 12.4. The molecule has 0 atom stereocenters. The molecule has 0 spiro atoms. The van der Waals surface area contributed by atoms with Crippen LogP contribution in [0.3, 0.4) is 0 Å². The summed E-state index contributed by atoms with van der Waals surface area (Å²) < 4.78 is 5.21. The van der Waals surface area contributed by atoms with Crippen molar-refractivity contribution in [3.05, 3.63) is 89.4 Å². The topological polar surface area (TPSA) is 62.6 Å². The number of nitrogens with one attached hydrogen (secondary N) is 1. The first-order valence-electron chi connectivity index (χ1n) is 8.48. The lowest BCUT2D eigenvalue weighted by molar-refractivity contribution is -0.117. The number of fused-ring (bicyclic) bond motifs is 1. The van der Waals surface area contributed by atoms with Crippen molar-refractivity contribution < 1.29 is 14.0 Å². The van der Waals surface area contributed by atoms with E-state index >= 15 is 0 Å².